The summed E-state index contributed by atoms with van der Waals surface area (Å²) in [6.07, 6.45) is -25.7. The average molecular weight is 795 g/mol. The highest BCUT2D eigenvalue weighted by molar-refractivity contribution is 4.95. The SMILES string of the molecule is CC(C)(C)OC1OC(CO)C(OC2OC(CO)C(O)C(O)C2O)C(O)C1O.CC1C(OC(C)(C)C)OC(CO)C(O)C1OC1OC(CO)C(O)C(O)C1O. The van der Waals surface area contributed by atoms with E-state index in [1.807, 2.05) is 20.8 Å². The lowest BCUT2D eigenvalue weighted by Gasteiger charge is -2.47. The lowest BCUT2D eigenvalue weighted by Crippen LogP contribution is -2.65. The molecule has 4 rings (SSSR count). The Morgan fingerprint density at radius 3 is 1.13 bits per heavy atom. The van der Waals surface area contributed by atoms with E-state index < -0.39 is 160 Å². The summed E-state index contributed by atoms with van der Waals surface area (Å²) >= 11 is 0. The molecule has 0 aromatic heterocycles. The largest absolute Gasteiger partial charge is 0.394 e. The van der Waals surface area contributed by atoms with Gasteiger partial charge in [-0.15, -0.1) is 0 Å². The molecule has 54 heavy (non-hydrogen) atoms. The number of ether oxygens (including phenoxy) is 8. The molecule has 4 aliphatic rings. The molecule has 0 aromatic carbocycles. The van der Waals surface area contributed by atoms with Crippen molar-refractivity contribution < 1.29 is 104 Å². The monoisotopic (exact) mass is 794 g/mol. The quantitative estimate of drug-likeness (QED) is 0.0979. The fourth-order valence-electron chi connectivity index (χ4n) is 6.23. The first-order valence-electron chi connectivity index (χ1n) is 17.8. The molecule has 13 N–H and O–H groups in total. The highest BCUT2D eigenvalue weighted by Gasteiger charge is 2.52. The van der Waals surface area contributed by atoms with E-state index in [4.69, 9.17) is 37.9 Å². The van der Waals surface area contributed by atoms with Gasteiger partial charge >= 0.3 is 0 Å². The normalized spacial score (nSPS) is 46.4. The van der Waals surface area contributed by atoms with E-state index in [2.05, 4.69) is 0 Å². The molecule has 0 spiro atoms. The minimum atomic E-state index is -1.70. The summed E-state index contributed by atoms with van der Waals surface area (Å²) < 4.78 is 44.2. The van der Waals surface area contributed by atoms with Crippen molar-refractivity contribution in [1.29, 1.82) is 0 Å². The second-order valence-electron chi connectivity index (χ2n) is 15.8. The lowest BCUT2D eigenvalue weighted by molar-refractivity contribution is -0.366. The molecule has 0 aromatic rings. The Hall–Kier alpha value is -0.840. The molecule has 4 saturated heterocycles. The van der Waals surface area contributed by atoms with Gasteiger partial charge in [-0.05, 0) is 41.5 Å². The molecular weight excluding hydrogens is 732 g/mol. The van der Waals surface area contributed by atoms with E-state index in [1.54, 1.807) is 27.7 Å². The maximum atomic E-state index is 10.5. The van der Waals surface area contributed by atoms with Crippen molar-refractivity contribution in [3.63, 3.8) is 0 Å². The summed E-state index contributed by atoms with van der Waals surface area (Å²) in [5, 5.41) is 128. The van der Waals surface area contributed by atoms with Gasteiger partial charge in [-0.3, -0.25) is 0 Å². The van der Waals surface area contributed by atoms with Crippen molar-refractivity contribution in [1.82, 2.24) is 0 Å². The van der Waals surface area contributed by atoms with E-state index in [1.165, 1.54) is 0 Å². The van der Waals surface area contributed by atoms with Crippen LogP contribution in [0.15, 0.2) is 0 Å². The van der Waals surface area contributed by atoms with Crippen LogP contribution in [0.25, 0.3) is 0 Å². The third kappa shape index (κ3) is 11.6. The van der Waals surface area contributed by atoms with Crippen LogP contribution in [0.5, 0.6) is 0 Å². The lowest BCUT2D eigenvalue weighted by atomic mass is 9.91. The molecule has 4 heterocycles. The molecule has 0 aliphatic carbocycles. The number of rotatable bonds is 10. The van der Waals surface area contributed by atoms with Gasteiger partial charge in [0.15, 0.2) is 25.2 Å². The Labute approximate surface area is 313 Å². The predicted octanol–water partition coefficient (Wildman–Crippen LogP) is -5.87. The maximum absolute atomic E-state index is 10.5. The molecule has 21 heteroatoms. The van der Waals surface area contributed by atoms with Gasteiger partial charge < -0.3 is 104 Å². The minimum absolute atomic E-state index is 0.480. The van der Waals surface area contributed by atoms with Crippen molar-refractivity contribution in [3.8, 4) is 0 Å². The second-order valence-corrected chi connectivity index (χ2v) is 15.8. The van der Waals surface area contributed by atoms with Gasteiger partial charge in [-0.25, -0.2) is 0 Å². The van der Waals surface area contributed by atoms with E-state index in [0.29, 0.717) is 0 Å². The summed E-state index contributed by atoms with van der Waals surface area (Å²) in [6, 6.07) is 0. The van der Waals surface area contributed by atoms with Crippen LogP contribution in [0, 0.1) is 5.92 Å². The van der Waals surface area contributed by atoms with Crippen molar-refractivity contribution in [3.05, 3.63) is 0 Å². The van der Waals surface area contributed by atoms with Gasteiger partial charge in [0.05, 0.1) is 43.7 Å². The smallest absolute Gasteiger partial charge is 0.187 e. The van der Waals surface area contributed by atoms with Crippen LogP contribution < -0.4 is 0 Å². The topological polar surface area (TPSA) is 337 Å². The van der Waals surface area contributed by atoms with Gasteiger partial charge in [-0.2, -0.15) is 0 Å². The average Bonchev–Trinajstić information content (AvgIpc) is 3.10. The number of aliphatic hydroxyl groups is 13. The molecule has 0 bridgehead atoms. The summed E-state index contributed by atoms with van der Waals surface area (Å²) in [5.74, 6) is -0.519. The van der Waals surface area contributed by atoms with E-state index in [9.17, 15) is 66.4 Å². The van der Waals surface area contributed by atoms with E-state index >= 15 is 0 Å². The first-order valence-corrected chi connectivity index (χ1v) is 17.8. The van der Waals surface area contributed by atoms with Crippen LogP contribution in [-0.4, -0.2) is 221 Å². The van der Waals surface area contributed by atoms with Crippen LogP contribution in [0.4, 0.5) is 0 Å². The van der Waals surface area contributed by atoms with E-state index in [-0.39, 0.29) is 0 Å². The van der Waals surface area contributed by atoms with Crippen LogP contribution in [0.3, 0.4) is 0 Å². The summed E-state index contributed by atoms with van der Waals surface area (Å²) in [7, 11) is 0. The molecule has 0 amide bonds. The summed E-state index contributed by atoms with van der Waals surface area (Å²) in [5.41, 5.74) is -1.26. The zero-order chi connectivity index (χ0) is 41.0. The first-order chi connectivity index (χ1) is 25.0. The highest BCUT2D eigenvalue weighted by Crippen LogP contribution is 2.35. The van der Waals surface area contributed by atoms with Gasteiger partial charge in [0.25, 0.3) is 0 Å². The Bertz CT molecular complexity index is 1100. The van der Waals surface area contributed by atoms with Crippen molar-refractivity contribution in [2.45, 2.75) is 176 Å². The molecule has 4 aliphatic heterocycles. The predicted molar refractivity (Wildman–Crippen MR) is 178 cm³/mol. The van der Waals surface area contributed by atoms with Gasteiger partial charge in [0.2, 0.25) is 0 Å². The molecule has 0 radical (unpaired) electrons. The first kappa shape index (κ1) is 47.5. The highest BCUT2D eigenvalue weighted by atomic mass is 16.8. The second kappa shape index (κ2) is 19.7. The third-order valence-electron chi connectivity index (χ3n) is 9.19. The number of hydrogen-bond donors (Lipinski definition) is 13. The molecule has 0 saturated carbocycles. The van der Waals surface area contributed by atoms with Gasteiger partial charge in [-0.1, -0.05) is 6.92 Å². The standard InChI is InChI=1S/C17H32O10.C16H30O11/c1-7-14(11(21)9(6-19)24-15(7)27-17(2,3)4)26-16-13(23)12(22)10(20)8(5-18)25-16;1-16(2,3)27-15-12(23)10(21)13(7(5-18)25-15)26-14-11(22)9(20)8(19)6(4-17)24-14/h7-16,18-23H,5-6H2,1-4H3;6-15,17-23H,4-5H2,1-3H3. The van der Waals surface area contributed by atoms with Crippen molar-refractivity contribution in [2.24, 2.45) is 5.92 Å². The maximum Gasteiger partial charge on any atom is 0.187 e. The number of aliphatic hydroxyl groups excluding tert-OH is 13. The number of hydrogen-bond acceptors (Lipinski definition) is 21. The van der Waals surface area contributed by atoms with Crippen LogP contribution in [-0.2, 0) is 37.9 Å². The molecule has 21 nitrogen and oxygen atoms in total. The van der Waals surface area contributed by atoms with Crippen LogP contribution in [0.2, 0.25) is 0 Å². The molecule has 20 atom stereocenters. The minimum Gasteiger partial charge on any atom is -0.394 e. The Balaban J connectivity index is 0.000000290. The van der Waals surface area contributed by atoms with Crippen molar-refractivity contribution >= 4 is 0 Å². The summed E-state index contributed by atoms with van der Waals surface area (Å²) in [4.78, 5) is 0. The third-order valence-corrected chi connectivity index (χ3v) is 9.19. The molecule has 4 fully saturated rings. The molecule has 20 unspecified atom stereocenters. The van der Waals surface area contributed by atoms with Crippen LogP contribution >= 0.6 is 0 Å². The Kier molecular flexibility index (Phi) is 17.4. The Morgan fingerprint density at radius 2 is 0.722 bits per heavy atom. The van der Waals surface area contributed by atoms with Gasteiger partial charge in [0.1, 0.15) is 85.5 Å². The molecular formula is C33H62O21. The van der Waals surface area contributed by atoms with E-state index in [0.717, 1.165) is 0 Å². The van der Waals surface area contributed by atoms with Gasteiger partial charge in [0, 0.05) is 5.92 Å². The van der Waals surface area contributed by atoms with Crippen molar-refractivity contribution in [2.75, 3.05) is 26.4 Å². The zero-order valence-electron chi connectivity index (χ0n) is 31.5. The van der Waals surface area contributed by atoms with Crippen LogP contribution in [0.1, 0.15) is 48.5 Å². The fraction of sp³-hybridized carbons (Fsp3) is 1.00. The fourth-order valence-corrected chi connectivity index (χ4v) is 6.23. The zero-order valence-corrected chi connectivity index (χ0v) is 31.5. The molecule has 320 valence electrons. The summed E-state index contributed by atoms with van der Waals surface area (Å²) in [6.45, 7) is 10.0. The Morgan fingerprint density at radius 1 is 0.389 bits per heavy atom.